The molecule has 4 rings (SSSR count). The highest BCUT2D eigenvalue weighted by Gasteiger charge is 2.21. The van der Waals surface area contributed by atoms with Gasteiger partial charge in [0.2, 0.25) is 0 Å². The summed E-state index contributed by atoms with van der Waals surface area (Å²) in [7, 11) is 0. The molecule has 0 saturated heterocycles. The van der Waals surface area contributed by atoms with Crippen molar-refractivity contribution in [3.05, 3.63) is 68.6 Å². The first kappa shape index (κ1) is 19.6. The lowest BCUT2D eigenvalue weighted by Gasteiger charge is -2.27. The van der Waals surface area contributed by atoms with Crippen LogP contribution in [-0.2, 0) is 19.3 Å². The summed E-state index contributed by atoms with van der Waals surface area (Å²) < 4.78 is 0. The summed E-state index contributed by atoms with van der Waals surface area (Å²) in [6.45, 7) is 1.38. The van der Waals surface area contributed by atoms with Crippen molar-refractivity contribution in [2.45, 2.75) is 44.6 Å². The SMILES string of the molecule is Cl.O=C(NCC1NCCc2ccccc21)c1cc2c([nH]c1=O)CCCCC2. The van der Waals surface area contributed by atoms with Crippen LogP contribution in [0.25, 0.3) is 0 Å². The number of fused-ring (bicyclic) bond motifs is 2. The zero-order chi connectivity index (χ0) is 17.9. The van der Waals surface area contributed by atoms with Gasteiger partial charge in [0.1, 0.15) is 5.56 Å². The van der Waals surface area contributed by atoms with Crippen LogP contribution in [0.15, 0.2) is 35.1 Å². The van der Waals surface area contributed by atoms with Crippen LogP contribution in [0.5, 0.6) is 0 Å². The summed E-state index contributed by atoms with van der Waals surface area (Å²) in [5, 5.41) is 6.41. The second-order valence-electron chi connectivity index (χ2n) is 7.24. The van der Waals surface area contributed by atoms with Crippen LogP contribution in [0.1, 0.15) is 58.0 Å². The van der Waals surface area contributed by atoms with E-state index in [0.29, 0.717) is 6.54 Å². The predicted molar refractivity (Wildman–Crippen MR) is 109 cm³/mol. The molecule has 1 aliphatic carbocycles. The van der Waals surface area contributed by atoms with Gasteiger partial charge in [0.05, 0.1) is 0 Å². The Morgan fingerprint density at radius 3 is 2.78 bits per heavy atom. The Kier molecular flexibility index (Phi) is 6.34. The summed E-state index contributed by atoms with van der Waals surface area (Å²) in [5.41, 5.74) is 4.64. The van der Waals surface area contributed by atoms with Gasteiger partial charge in [-0.15, -0.1) is 12.4 Å². The van der Waals surface area contributed by atoms with Crippen LogP contribution in [0.3, 0.4) is 0 Å². The number of carbonyl (C=O) groups is 1. The Bertz CT molecular complexity index is 878. The molecule has 1 unspecified atom stereocenters. The summed E-state index contributed by atoms with van der Waals surface area (Å²) in [6, 6.07) is 10.2. The van der Waals surface area contributed by atoms with E-state index in [2.05, 4.69) is 33.8 Å². The molecule has 3 N–H and O–H groups in total. The number of hydrogen-bond donors (Lipinski definition) is 3. The molecule has 27 heavy (non-hydrogen) atoms. The minimum absolute atomic E-state index is 0. The number of aromatic amines is 1. The zero-order valence-corrected chi connectivity index (χ0v) is 16.2. The summed E-state index contributed by atoms with van der Waals surface area (Å²) in [4.78, 5) is 27.9. The Morgan fingerprint density at radius 1 is 1.07 bits per heavy atom. The molecule has 1 aliphatic heterocycles. The van der Waals surface area contributed by atoms with Crippen LogP contribution < -0.4 is 16.2 Å². The van der Waals surface area contributed by atoms with Crippen LogP contribution >= 0.6 is 12.4 Å². The van der Waals surface area contributed by atoms with E-state index >= 15 is 0 Å². The number of amides is 1. The van der Waals surface area contributed by atoms with E-state index in [9.17, 15) is 9.59 Å². The van der Waals surface area contributed by atoms with E-state index < -0.39 is 0 Å². The summed E-state index contributed by atoms with van der Waals surface area (Å²) in [5.74, 6) is -0.289. The molecule has 2 aliphatic rings. The van der Waals surface area contributed by atoms with E-state index in [1.807, 2.05) is 6.07 Å². The zero-order valence-electron chi connectivity index (χ0n) is 15.3. The topological polar surface area (TPSA) is 74.0 Å². The van der Waals surface area contributed by atoms with Crippen molar-refractivity contribution in [1.82, 2.24) is 15.6 Å². The third kappa shape index (κ3) is 4.25. The highest BCUT2D eigenvalue weighted by molar-refractivity contribution is 5.94. The van der Waals surface area contributed by atoms with E-state index in [1.54, 1.807) is 6.07 Å². The van der Waals surface area contributed by atoms with Gasteiger partial charge in [0, 0.05) is 18.3 Å². The number of halogens is 1. The lowest BCUT2D eigenvalue weighted by atomic mass is 9.94. The van der Waals surface area contributed by atoms with Crippen LogP contribution in [-0.4, -0.2) is 24.0 Å². The lowest BCUT2D eigenvalue weighted by Crippen LogP contribution is -2.40. The Morgan fingerprint density at radius 2 is 1.89 bits per heavy atom. The molecule has 0 bridgehead atoms. The molecule has 144 valence electrons. The molecule has 0 fully saturated rings. The number of carbonyl (C=O) groups excluding carboxylic acids is 1. The van der Waals surface area contributed by atoms with Gasteiger partial charge in [0.25, 0.3) is 11.5 Å². The first-order valence-corrected chi connectivity index (χ1v) is 9.57. The van der Waals surface area contributed by atoms with Crippen molar-refractivity contribution in [1.29, 1.82) is 0 Å². The fraction of sp³-hybridized carbons (Fsp3) is 0.429. The first-order chi connectivity index (χ1) is 12.7. The molecule has 0 spiro atoms. The summed E-state index contributed by atoms with van der Waals surface area (Å²) >= 11 is 0. The molecule has 2 aromatic rings. The number of hydrogen-bond acceptors (Lipinski definition) is 3. The first-order valence-electron chi connectivity index (χ1n) is 9.57. The second kappa shape index (κ2) is 8.72. The third-order valence-corrected chi connectivity index (χ3v) is 5.52. The maximum Gasteiger partial charge on any atom is 0.261 e. The van der Waals surface area contributed by atoms with Crippen LogP contribution in [0, 0.1) is 0 Å². The molecule has 1 aromatic heterocycles. The quantitative estimate of drug-likeness (QED) is 0.709. The monoisotopic (exact) mass is 387 g/mol. The highest BCUT2D eigenvalue weighted by Crippen LogP contribution is 2.22. The normalized spacial score (nSPS) is 18.4. The smallest absolute Gasteiger partial charge is 0.261 e. The van der Waals surface area contributed by atoms with Gasteiger partial charge in [-0.1, -0.05) is 30.7 Å². The maximum absolute atomic E-state index is 12.6. The third-order valence-electron chi connectivity index (χ3n) is 5.52. The number of H-pyrrole nitrogens is 1. The van der Waals surface area contributed by atoms with Crippen molar-refractivity contribution in [2.24, 2.45) is 0 Å². The van der Waals surface area contributed by atoms with Crippen LogP contribution in [0.4, 0.5) is 0 Å². The number of aromatic nitrogens is 1. The standard InChI is InChI=1S/C21H25N3O2.ClH/c25-20(17-12-15-7-2-1-3-9-18(15)24-21(17)26)23-13-19-16-8-5-4-6-14(16)10-11-22-19;/h4-6,8,12,19,22H,1-3,7,9-11,13H2,(H,23,25)(H,24,26);1H. The second-order valence-corrected chi connectivity index (χ2v) is 7.24. The van der Waals surface area contributed by atoms with Gasteiger partial charge in [-0.05, 0) is 61.4 Å². The van der Waals surface area contributed by atoms with Gasteiger partial charge < -0.3 is 15.6 Å². The molecule has 5 nitrogen and oxygen atoms in total. The molecule has 1 aromatic carbocycles. The van der Waals surface area contributed by atoms with Gasteiger partial charge in [-0.3, -0.25) is 9.59 Å². The minimum atomic E-state index is -0.289. The van der Waals surface area contributed by atoms with Crippen molar-refractivity contribution in [3.8, 4) is 0 Å². The Balaban J connectivity index is 0.00000210. The highest BCUT2D eigenvalue weighted by atomic mass is 35.5. The fourth-order valence-corrected chi connectivity index (χ4v) is 4.09. The molecule has 2 heterocycles. The molecule has 1 amide bonds. The van der Waals surface area contributed by atoms with Gasteiger partial charge >= 0.3 is 0 Å². The number of benzene rings is 1. The largest absolute Gasteiger partial charge is 0.350 e. The molecule has 1 atom stereocenters. The maximum atomic E-state index is 12.6. The van der Waals surface area contributed by atoms with E-state index in [-0.39, 0.29) is 35.5 Å². The van der Waals surface area contributed by atoms with Crippen molar-refractivity contribution in [2.75, 3.05) is 13.1 Å². The number of pyridine rings is 1. The predicted octanol–water partition coefficient (Wildman–Crippen LogP) is 2.68. The van der Waals surface area contributed by atoms with Gasteiger partial charge in [-0.2, -0.15) is 0 Å². The molecular weight excluding hydrogens is 362 g/mol. The molecule has 0 saturated carbocycles. The lowest BCUT2D eigenvalue weighted by molar-refractivity contribution is 0.0947. The van der Waals surface area contributed by atoms with Crippen LogP contribution in [0.2, 0.25) is 0 Å². The van der Waals surface area contributed by atoms with Crippen molar-refractivity contribution < 1.29 is 4.79 Å². The van der Waals surface area contributed by atoms with E-state index in [1.165, 1.54) is 17.5 Å². The number of rotatable bonds is 3. The number of nitrogens with one attached hydrogen (secondary N) is 3. The Hall–Kier alpha value is -2.11. The molecular formula is C21H26ClN3O2. The molecule has 0 radical (unpaired) electrons. The van der Waals surface area contributed by atoms with Gasteiger partial charge in [-0.25, -0.2) is 0 Å². The van der Waals surface area contributed by atoms with E-state index in [0.717, 1.165) is 49.9 Å². The number of aryl methyl sites for hydroxylation is 2. The van der Waals surface area contributed by atoms with E-state index in [4.69, 9.17) is 0 Å². The molecule has 6 heteroatoms. The average Bonchev–Trinajstić information content (AvgIpc) is 2.90. The Labute approximate surface area is 165 Å². The fourth-order valence-electron chi connectivity index (χ4n) is 4.09. The van der Waals surface area contributed by atoms with Crippen molar-refractivity contribution >= 4 is 18.3 Å². The minimum Gasteiger partial charge on any atom is -0.350 e. The average molecular weight is 388 g/mol. The van der Waals surface area contributed by atoms with Gasteiger partial charge in [0.15, 0.2) is 0 Å². The summed E-state index contributed by atoms with van der Waals surface area (Å²) in [6.07, 6.45) is 6.22. The van der Waals surface area contributed by atoms with Crippen molar-refractivity contribution in [3.63, 3.8) is 0 Å².